The van der Waals surface area contributed by atoms with E-state index < -0.39 is 11.7 Å². The second kappa shape index (κ2) is 3.16. The van der Waals surface area contributed by atoms with Crippen molar-refractivity contribution in [2.75, 3.05) is 0 Å². The number of rotatable bonds is 1. The van der Waals surface area contributed by atoms with Gasteiger partial charge in [0.2, 0.25) is 0 Å². The Morgan fingerprint density at radius 1 is 1.38 bits per heavy atom. The first-order chi connectivity index (χ1) is 5.95. The molecular weight excluding hydrogens is 183 g/mol. The van der Waals surface area contributed by atoms with Gasteiger partial charge in [-0.1, -0.05) is 0 Å². The molecule has 1 aromatic rings. The fourth-order valence-electron chi connectivity index (χ4n) is 0.946. The molecule has 0 radical (unpaired) electrons. The van der Waals surface area contributed by atoms with Crippen molar-refractivity contribution in [3.8, 4) is 0 Å². The van der Waals surface area contributed by atoms with Crippen LogP contribution in [0.2, 0.25) is 0 Å². The van der Waals surface area contributed by atoms with Gasteiger partial charge in [-0.05, 0) is 19.1 Å². The largest absolute Gasteiger partial charge is 0.418 e. The third kappa shape index (κ3) is 2.05. The number of aryl methyl sites for hydroxylation is 1. The van der Waals surface area contributed by atoms with Crippen LogP contribution in [0.5, 0.6) is 0 Å². The predicted molar refractivity (Wildman–Crippen MR) is 39.4 cm³/mol. The molecule has 70 valence electrons. The van der Waals surface area contributed by atoms with Crippen molar-refractivity contribution in [1.29, 1.82) is 0 Å². The van der Waals surface area contributed by atoms with Gasteiger partial charge in [-0.25, -0.2) is 4.98 Å². The molecule has 0 bridgehead atoms. The Balaban J connectivity index is 3.20. The summed E-state index contributed by atoms with van der Waals surface area (Å²) in [7, 11) is 0. The van der Waals surface area contributed by atoms with Crippen molar-refractivity contribution in [3.63, 3.8) is 0 Å². The lowest BCUT2D eigenvalue weighted by Gasteiger charge is -2.08. The molecule has 1 rings (SSSR count). The molecule has 13 heavy (non-hydrogen) atoms. The summed E-state index contributed by atoms with van der Waals surface area (Å²) in [6.07, 6.45) is -3.99. The maximum Gasteiger partial charge on any atom is 0.418 e. The number of hydrogen-bond donors (Lipinski definition) is 0. The Hall–Kier alpha value is -1.39. The van der Waals surface area contributed by atoms with Crippen molar-refractivity contribution < 1.29 is 18.0 Å². The maximum absolute atomic E-state index is 12.2. The van der Waals surface area contributed by atoms with Gasteiger partial charge in [0, 0.05) is 0 Å². The smallest absolute Gasteiger partial charge is 0.296 e. The molecule has 0 N–H and O–H groups in total. The van der Waals surface area contributed by atoms with Crippen LogP contribution in [0.25, 0.3) is 0 Å². The standard InChI is InChI=1S/C8H6F3NO/c1-5-7(8(9,10)11)3-2-6(4-13)12-5/h2-4H,1H3. The van der Waals surface area contributed by atoms with Crippen LogP contribution in [0.4, 0.5) is 13.2 Å². The number of aromatic nitrogens is 1. The number of hydrogen-bond acceptors (Lipinski definition) is 2. The van der Waals surface area contributed by atoms with Crippen molar-refractivity contribution in [1.82, 2.24) is 4.98 Å². The minimum Gasteiger partial charge on any atom is -0.296 e. The van der Waals surface area contributed by atoms with Gasteiger partial charge in [0.05, 0.1) is 11.3 Å². The lowest BCUT2D eigenvalue weighted by Crippen LogP contribution is -2.09. The number of alkyl halides is 3. The summed E-state index contributed by atoms with van der Waals surface area (Å²) in [6, 6.07) is 1.90. The zero-order valence-electron chi connectivity index (χ0n) is 6.72. The van der Waals surface area contributed by atoms with E-state index in [1.165, 1.54) is 6.92 Å². The Morgan fingerprint density at radius 3 is 2.38 bits per heavy atom. The highest BCUT2D eigenvalue weighted by Crippen LogP contribution is 2.30. The topological polar surface area (TPSA) is 30.0 Å². The molecule has 0 aliphatic rings. The Labute approximate surface area is 72.4 Å². The van der Waals surface area contributed by atoms with E-state index in [4.69, 9.17) is 0 Å². The van der Waals surface area contributed by atoms with Crippen LogP contribution in [0.1, 0.15) is 21.7 Å². The minimum atomic E-state index is -4.40. The summed E-state index contributed by atoms with van der Waals surface area (Å²) in [5.74, 6) is 0. The summed E-state index contributed by atoms with van der Waals surface area (Å²) in [6.45, 7) is 1.22. The van der Waals surface area contributed by atoms with Gasteiger partial charge < -0.3 is 0 Å². The van der Waals surface area contributed by atoms with Crippen LogP contribution in [0, 0.1) is 6.92 Å². The third-order valence-corrected chi connectivity index (χ3v) is 1.53. The molecule has 0 fully saturated rings. The van der Waals surface area contributed by atoms with E-state index in [-0.39, 0.29) is 11.4 Å². The van der Waals surface area contributed by atoms with Crippen LogP contribution in [0.15, 0.2) is 12.1 Å². The lowest BCUT2D eigenvalue weighted by molar-refractivity contribution is -0.138. The monoisotopic (exact) mass is 189 g/mol. The van der Waals surface area contributed by atoms with Crippen molar-refractivity contribution in [2.45, 2.75) is 13.1 Å². The normalized spacial score (nSPS) is 11.4. The van der Waals surface area contributed by atoms with Gasteiger partial charge in [0.15, 0.2) is 6.29 Å². The number of pyridine rings is 1. The highest BCUT2D eigenvalue weighted by molar-refractivity contribution is 5.71. The molecule has 0 saturated carbocycles. The fraction of sp³-hybridized carbons (Fsp3) is 0.250. The second-order valence-electron chi connectivity index (χ2n) is 2.48. The van der Waals surface area contributed by atoms with E-state index in [0.29, 0.717) is 6.29 Å². The number of halogens is 3. The van der Waals surface area contributed by atoms with Crippen LogP contribution >= 0.6 is 0 Å². The molecule has 0 unspecified atom stereocenters. The molecule has 0 aromatic carbocycles. The SMILES string of the molecule is Cc1nc(C=O)ccc1C(F)(F)F. The fourth-order valence-corrected chi connectivity index (χ4v) is 0.946. The quantitative estimate of drug-likeness (QED) is 0.634. The predicted octanol–water partition coefficient (Wildman–Crippen LogP) is 2.22. The van der Waals surface area contributed by atoms with E-state index in [2.05, 4.69) is 4.98 Å². The lowest BCUT2D eigenvalue weighted by atomic mass is 10.2. The first-order valence-electron chi connectivity index (χ1n) is 3.45. The van der Waals surface area contributed by atoms with Crippen molar-refractivity contribution in [3.05, 3.63) is 29.1 Å². The number of nitrogens with zero attached hydrogens (tertiary/aromatic N) is 1. The van der Waals surface area contributed by atoms with Gasteiger partial charge in [0.25, 0.3) is 0 Å². The van der Waals surface area contributed by atoms with Gasteiger partial charge >= 0.3 is 6.18 Å². The van der Waals surface area contributed by atoms with E-state index >= 15 is 0 Å². The first-order valence-corrected chi connectivity index (χ1v) is 3.45. The molecule has 0 aliphatic carbocycles. The molecular formula is C8H6F3NO. The summed E-state index contributed by atoms with van der Waals surface area (Å²) >= 11 is 0. The molecule has 0 atom stereocenters. The minimum absolute atomic E-state index is 0.00509. The average Bonchev–Trinajstić information content (AvgIpc) is 2.01. The number of carbonyl (C=O) groups excluding carboxylic acids is 1. The summed E-state index contributed by atoms with van der Waals surface area (Å²) in [5, 5.41) is 0. The van der Waals surface area contributed by atoms with E-state index in [0.717, 1.165) is 12.1 Å². The summed E-state index contributed by atoms with van der Waals surface area (Å²) in [4.78, 5) is 13.6. The van der Waals surface area contributed by atoms with Crippen LogP contribution < -0.4 is 0 Å². The molecule has 1 heterocycles. The van der Waals surface area contributed by atoms with Crippen LogP contribution in [-0.4, -0.2) is 11.3 Å². The Kier molecular flexibility index (Phi) is 2.36. The van der Waals surface area contributed by atoms with Gasteiger partial charge in [0.1, 0.15) is 5.69 Å². The van der Waals surface area contributed by atoms with Gasteiger partial charge in [-0.3, -0.25) is 4.79 Å². The molecule has 0 aliphatic heterocycles. The first kappa shape index (κ1) is 9.70. The van der Waals surface area contributed by atoms with Gasteiger partial charge in [-0.15, -0.1) is 0 Å². The van der Waals surface area contributed by atoms with Crippen molar-refractivity contribution in [2.24, 2.45) is 0 Å². The van der Waals surface area contributed by atoms with Crippen LogP contribution in [0.3, 0.4) is 0 Å². The highest BCUT2D eigenvalue weighted by Gasteiger charge is 2.32. The molecule has 0 saturated heterocycles. The second-order valence-corrected chi connectivity index (χ2v) is 2.48. The zero-order valence-corrected chi connectivity index (χ0v) is 6.72. The van der Waals surface area contributed by atoms with E-state index in [1.807, 2.05) is 0 Å². The van der Waals surface area contributed by atoms with Gasteiger partial charge in [-0.2, -0.15) is 13.2 Å². The van der Waals surface area contributed by atoms with E-state index in [1.54, 1.807) is 0 Å². The average molecular weight is 189 g/mol. The zero-order chi connectivity index (χ0) is 10.1. The maximum atomic E-state index is 12.2. The molecule has 5 heteroatoms. The van der Waals surface area contributed by atoms with Crippen LogP contribution in [-0.2, 0) is 6.18 Å². The Bertz CT molecular complexity index is 333. The molecule has 0 spiro atoms. The number of carbonyl (C=O) groups is 1. The summed E-state index contributed by atoms with van der Waals surface area (Å²) < 4.78 is 36.5. The summed E-state index contributed by atoms with van der Waals surface area (Å²) in [5.41, 5.74) is -0.985. The Morgan fingerprint density at radius 2 is 2.00 bits per heavy atom. The third-order valence-electron chi connectivity index (χ3n) is 1.53. The number of aldehydes is 1. The highest BCUT2D eigenvalue weighted by atomic mass is 19.4. The van der Waals surface area contributed by atoms with E-state index in [9.17, 15) is 18.0 Å². The molecule has 2 nitrogen and oxygen atoms in total. The molecule has 0 amide bonds. The van der Waals surface area contributed by atoms with Crippen molar-refractivity contribution >= 4 is 6.29 Å². The molecule has 1 aromatic heterocycles.